The third-order valence-corrected chi connectivity index (χ3v) is 4.53. The van der Waals surface area contributed by atoms with Gasteiger partial charge in [0.05, 0.1) is 5.69 Å². The molecule has 1 saturated carbocycles. The number of nitrogens with one attached hydrogen (secondary N) is 2. The second kappa shape index (κ2) is 7.46. The van der Waals surface area contributed by atoms with Crippen LogP contribution in [0.25, 0.3) is 0 Å². The van der Waals surface area contributed by atoms with E-state index >= 15 is 0 Å². The van der Waals surface area contributed by atoms with Crippen molar-refractivity contribution in [3.8, 4) is 0 Å². The van der Waals surface area contributed by atoms with Crippen LogP contribution in [0, 0.1) is 18.8 Å². The van der Waals surface area contributed by atoms with Crippen molar-refractivity contribution < 1.29 is 4.79 Å². The molecule has 1 aliphatic carbocycles. The van der Waals surface area contributed by atoms with Crippen LogP contribution in [-0.2, 0) is 0 Å². The SMILES string of the molecule is Cc1cc(C(=O)NCCC2CCCC(C)C2)ccc1NN. The van der Waals surface area contributed by atoms with Gasteiger partial charge < -0.3 is 10.7 Å². The summed E-state index contributed by atoms with van der Waals surface area (Å²) in [6.45, 7) is 5.04. The van der Waals surface area contributed by atoms with Crippen LogP contribution >= 0.6 is 0 Å². The van der Waals surface area contributed by atoms with E-state index in [1.54, 1.807) is 6.07 Å². The first-order valence-electron chi connectivity index (χ1n) is 7.95. The lowest BCUT2D eigenvalue weighted by molar-refractivity contribution is 0.0949. The minimum atomic E-state index is 0.00512. The van der Waals surface area contributed by atoms with Crippen LogP contribution in [0.3, 0.4) is 0 Å². The largest absolute Gasteiger partial charge is 0.352 e. The molecular weight excluding hydrogens is 262 g/mol. The van der Waals surface area contributed by atoms with Crippen molar-refractivity contribution in [2.75, 3.05) is 12.0 Å². The number of hydrazine groups is 1. The number of anilines is 1. The fourth-order valence-corrected chi connectivity index (χ4v) is 3.28. The van der Waals surface area contributed by atoms with E-state index in [0.29, 0.717) is 5.56 Å². The Balaban J connectivity index is 1.80. The molecule has 1 aromatic carbocycles. The van der Waals surface area contributed by atoms with Gasteiger partial charge in [0, 0.05) is 12.1 Å². The number of benzene rings is 1. The van der Waals surface area contributed by atoms with Gasteiger partial charge in [-0.3, -0.25) is 10.6 Å². The van der Waals surface area contributed by atoms with Crippen LogP contribution in [0.5, 0.6) is 0 Å². The van der Waals surface area contributed by atoms with Crippen molar-refractivity contribution in [2.45, 2.75) is 46.0 Å². The molecule has 2 unspecified atom stereocenters. The highest BCUT2D eigenvalue weighted by molar-refractivity contribution is 5.94. The Kier molecular flexibility index (Phi) is 5.62. The van der Waals surface area contributed by atoms with Crippen molar-refractivity contribution >= 4 is 11.6 Å². The molecule has 0 aliphatic heterocycles. The summed E-state index contributed by atoms with van der Waals surface area (Å²) in [5, 5.41) is 3.04. The van der Waals surface area contributed by atoms with Crippen LogP contribution in [0.1, 0.15) is 54.9 Å². The molecule has 1 aromatic rings. The van der Waals surface area contributed by atoms with E-state index in [0.717, 1.165) is 36.1 Å². The number of hydrogen-bond donors (Lipinski definition) is 3. The van der Waals surface area contributed by atoms with E-state index in [2.05, 4.69) is 17.7 Å². The Morgan fingerprint density at radius 3 is 2.86 bits per heavy atom. The quantitative estimate of drug-likeness (QED) is 0.576. The van der Waals surface area contributed by atoms with Crippen LogP contribution in [0.15, 0.2) is 18.2 Å². The molecule has 0 saturated heterocycles. The van der Waals surface area contributed by atoms with E-state index < -0.39 is 0 Å². The lowest BCUT2D eigenvalue weighted by Crippen LogP contribution is -2.27. The van der Waals surface area contributed by atoms with Crippen molar-refractivity contribution in [1.29, 1.82) is 0 Å². The molecule has 0 heterocycles. The molecule has 4 N–H and O–H groups in total. The Bertz CT molecular complexity index is 487. The number of amides is 1. The number of nitrogens with two attached hydrogens (primary N) is 1. The zero-order valence-electron chi connectivity index (χ0n) is 13.1. The maximum atomic E-state index is 12.1. The first-order valence-corrected chi connectivity index (χ1v) is 7.95. The maximum absolute atomic E-state index is 12.1. The van der Waals surface area contributed by atoms with Gasteiger partial charge in [-0.25, -0.2) is 0 Å². The fraction of sp³-hybridized carbons (Fsp3) is 0.588. The molecule has 2 rings (SSSR count). The Labute approximate surface area is 127 Å². The smallest absolute Gasteiger partial charge is 0.251 e. The summed E-state index contributed by atoms with van der Waals surface area (Å²) in [6, 6.07) is 5.51. The minimum Gasteiger partial charge on any atom is -0.352 e. The molecule has 116 valence electrons. The molecule has 21 heavy (non-hydrogen) atoms. The number of rotatable bonds is 5. The number of carbonyl (C=O) groups is 1. The van der Waals surface area contributed by atoms with E-state index in [1.807, 2.05) is 19.1 Å². The summed E-state index contributed by atoms with van der Waals surface area (Å²) in [5.41, 5.74) is 5.15. The molecule has 2 atom stereocenters. The first-order chi connectivity index (χ1) is 10.1. The van der Waals surface area contributed by atoms with Gasteiger partial charge in [-0.2, -0.15) is 0 Å². The zero-order valence-corrected chi connectivity index (χ0v) is 13.1. The maximum Gasteiger partial charge on any atom is 0.251 e. The number of hydrogen-bond acceptors (Lipinski definition) is 3. The average Bonchev–Trinajstić information content (AvgIpc) is 2.47. The van der Waals surface area contributed by atoms with E-state index in [-0.39, 0.29) is 5.91 Å². The van der Waals surface area contributed by atoms with Gasteiger partial charge in [0.2, 0.25) is 0 Å². The van der Waals surface area contributed by atoms with Gasteiger partial charge in [-0.15, -0.1) is 0 Å². The van der Waals surface area contributed by atoms with Gasteiger partial charge in [-0.05, 0) is 55.4 Å². The molecule has 0 spiro atoms. The van der Waals surface area contributed by atoms with E-state index in [9.17, 15) is 4.79 Å². The van der Waals surface area contributed by atoms with Crippen LogP contribution < -0.4 is 16.6 Å². The molecular formula is C17H27N3O. The molecule has 4 nitrogen and oxygen atoms in total. The average molecular weight is 289 g/mol. The van der Waals surface area contributed by atoms with E-state index in [4.69, 9.17) is 5.84 Å². The molecule has 4 heteroatoms. The second-order valence-corrected chi connectivity index (χ2v) is 6.36. The third-order valence-electron chi connectivity index (χ3n) is 4.53. The summed E-state index contributed by atoms with van der Waals surface area (Å²) in [5.74, 6) is 7.03. The Hall–Kier alpha value is -1.55. The zero-order chi connectivity index (χ0) is 15.2. The Morgan fingerprint density at radius 2 is 2.19 bits per heavy atom. The predicted octanol–water partition coefficient (Wildman–Crippen LogP) is 3.23. The lowest BCUT2D eigenvalue weighted by Gasteiger charge is -2.26. The third kappa shape index (κ3) is 4.46. The Morgan fingerprint density at radius 1 is 1.38 bits per heavy atom. The van der Waals surface area contributed by atoms with Crippen molar-refractivity contribution in [3.05, 3.63) is 29.3 Å². The summed E-state index contributed by atoms with van der Waals surface area (Å²) < 4.78 is 0. The van der Waals surface area contributed by atoms with Crippen molar-refractivity contribution in [3.63, 3.8) is 0 Å². The highest BCUT2D eigenvalue weighted by atomic mass is 16.1. The molecule has 1 amide bonds. The minimum absolute atomic E-state index is 0.00512. The molecule has 1 aliphatic rings. The van der Waals surface area contributed by atoms with Gasteiger partial charge in [0.15, 0.2) is 0 Å². The first kappa shape index (κ1) is 15.8. The topological polar surface area (TPSA) is 67.2 Å². The summed E-state index contributed by atoms with van der Waals surface area (Å²) in [6.07, 6.45) is 6.43. The highest BCUT2D eigenvalue weighted by Crippen LogP contribution is 2.30. The molecule has 0 radical (unpaired) electrons. The van der Waals surface area contributed by atoms with E-state index in [1.165, 1.54) is 25.7 Å². The number of nitrogen functional groups attached to an aromatic ring is 1. The summed E-state index contributed by atoms with van der Waals surface area (Å²) >= 11 is 0. The van der Waals surface area contributed by atoms with Gasteiger partial charge in [-0.1, -0.05) is 26.2 Å². The lowest BCUT2D eigenvalue weighted by atomic mass is 9.81. The summed E-state index contributed by atoms with van der Waals surface area (Å²) in [4.78, 5) is 12.1. The predicted molar refractivity (Wildman–Crippen MR) is 87.1 cm³/mol. The monoisotopic (exact) mass is 289 g/mol. The van der Waals surface area contributed by atoms with Crippen molar-refractivity contribution in [1.82, 2.24) is 5.32 Å². The second-order valence-electron chi connectivity index (χ2n) is 6.36. The molecule has 0 aromatic heterocycles. The number of carbonyl (C=O) groups excluding carboxylic acids is 1. The normalized spacial score (nSPS) is 21.9. The van der Waals surface area contributed by atoms with Crippen LogP contribution in [0.2, 0.25) is 0 Å². The standard InChI is InChI=1S/C17H27N3O/c1-12-4-3-5-14(10-12)8-9-19-17(21)15-6-7-16(20-18)13(2)11-15/h6-7,11-12,14,20H,3-5,8-10,18H2,1-2H3,(H,19,21). The van der Waals surface area contributed by atoms with Gasteiger partial charge in [0.25, 0.3) is 5.91 Å². The molecule has 0 bridgehead atoms. The van der Waals surface area contributed by atoms with Crippen LogP contribution in [0.4, 0.5) is 5.69 Å². The molecule has 1 fully saturated rings. The number of aryl methyl sites for hydroxylation is 1. The summed E-state index contributed by atoms with van der Waals surface area (Å²) in [7, 11) is 0. The highest BCUT2D eigenvalue weighted by Gasteiger charge is 2.18. The fourth-order valence-electron chi connectivity index (χ4n) is 3.28. The van der Waals surface area contributed by atoms with Gasteiger partial charge in [0.1, 0.15) is 0 Å². The van der Waals surface area contributed by atoms with Crippen molar-refractivity contribution in [2.24, 2.45) is 17.7 Å². The van der Waals surface area contributed by atoms with Gasteiger partial charge >= 0.3 is 0 Å². The van der Waals surface area contributed by atoms with Crippen LogP contribution in [-0.4, -0.2) is 12.5 Å².